The molecular formula is C42H53O13P. The first kappa shape index (κ1) is 41.8. The zero-order chi connectivity index (χ0) is 41.0. The minimum Gasteiger partial charge on any atom is -0.482 e. The second-order valence-electron chi connectivity index (χ2n) is 16.5. The van der Waals surface area contributed by atoms with Crippen molar-refractivity contribution in [2.24, 2.45) is 11.8 Å². The molecule has 0 radical (unpaired) electrons. The number of ketones is 2. The van der Waals surface area contributed by atoms with Gasteiger partial charge in [0.05, 0.1) is 31.0 Å². The molecule has 56 heavy (non-hydrogen) atoms. The third kappa shape index (κ3) is 7.27. The summed E-state index contributed by atoms with van der Waals surface area (Å²) in [5, 5.41) is 8.93. The first-order chi connectivity index (χ1) is 26.2. The Labute approximate surface area is 327 Å². The van der Waals surface area contributed by atoms with E-state index in [0.29, 0.717) is 24.8 Å². The van der Waals surface area contributed by atoms with Gasteiger partial charge in [-0.3, -0.25) is 19.4 Å². The fourth-order valence-electron chi connectivity index (χ4n) is 8.84. The molecule has 1 saturated carbocycles. The van der Waals surface area contributed by atoms with Crippen molar-refractivity contribution in [3.05, 3.63) is 69.4 Å². The van der Waals surface area contributed by atoms with Gasteiger partial charge in [-0.15, -0.1) is 0 Å². The zero-order valence-corrected chi connectivity index (χ0v) is 34.2. The molecule has 1 aromatic rings. The molecule has 1 aromatic carbocycles. The van der Waals surface area contributed by atoms with Crippen LogP contribution in [0.3, 0.4) is 0 Å². The van der Waals surface area contributed by atoms with Crippen LogP contribution in [0.25, 0.3) is 6.08 Å². The Hall–Kier alpha value is -3.84. The van der Waals surface area contributed by atoms with Gasteiger partial charge >= 0.3 is 13.8 Å². The van der Waals surface area contributed by atoms with Crippen LogP contribution >= 0.6 is 7.82 Å². The minimum absolute atomic E-state index is 0.000568. The van der Waals surface area contributed by atoms with E-state index in [0.717, 1.165) is 11.1 Å². The Morgan fingerprint density at radius 1 is 0.982 bits per heavy atom. The molecule has 3 N–H and O–H groups in total. The van der Waals surface area contributed by atoms with E-state index in [1.165, 1.54) is 0 Å². The van der Waals surface area contributed by atoms with Crippen LogP contribution in [0.1, 0.15) is 103 Å². The first-order valence-electron chi connectivity index (χ1n) is 19.1. The largest absolute Gasteiger partial charge is 0.524 e. The number of hydrogen-bond donors (Lipinski definition) is 3. The normalized spacial score (nSPS) is 28.0. The lowest BCUT2D eigenvalue weighted by Crippen LogP contribution is -2.72. The van der Waals surface area contributed by atoms with Gasteiger partial charge < -0.3 is 33.3 Å². The zero-order valence-electron chi connectivity index (χ0n) is 33.4. The highest BCUT2D eigenvalue weighted by atomic mass is 31.2. The smallest absolute Gasteiger partial charge is 0.482 e. The molecule has 4 bridgehead atoms. The lowest BCUT2D eigenvalue weighted by atomic mass is 9.51. The van der Waals surface area contributed by atoms with Gasteiger partial charge in [-0.05, 0) is 93.2 Å². The van der Waals surface area contributed by atoms with Crippen molar-refractivity contribution in [2.45, 2.75) is 110 Å². The maximum absolute atomic E-state index is 15.2. The summed E-state index contributed by atoms with van der Waals surface area (Å²) in [5.41, 5.74) is -2.35. The number of allylic oxidation sites excluding steroid dienone is 5. The number of esters is 1. The van der Waals surface area contributed by atoms with Crippen molar-refractivity contribution in [3.8, 4) is 17.2 Å². The standard InChI is InChI=1S/C42H53O13P/c1-24(2)10-9-15-40(8)16-14-29-34(52-40)28(12-11-25(3)4)35-32(36(29)54-56(47,48)49)33(44)30-22-27-23-31-39(6,7)55-41(37(27)45,42(30,31)53-35)17-13-26(5)38(46)51-21-20-50-19-18-43/h10-11,13-14,16,22,27,31,43H,9,12,15,17-21,23H2,1-8H3,(H2,47,48,49). The summed E-state index contributed by atoms with van der Waals surface area (Å²) < 4.78 is 49.4. The number of Topliss-reactive ketones (excluding diaryl/α,β-unsaturated/α-hetero) is 2. The van der Waals surface area contributed by atoms with Crippen molar-refractivity contribution in [1.82, 2.24) is 0 Å². The number of hydrogen-bond acceptors (Lipinski definition) is 11. The molecule has 5 atom stereocenters. The van der Waals surface area contributed by atoms with Crippen LogP contribution in [0, 0.1) is 11.8 Å². The monoisotopic (exact) mass is 796 g/mol. The number of ether oxygens (including phenoxy) is 5. The Morgan fingerprint density at radius 3 is 2.36 bits per heavy atom. The van der Waals surface area contributed by atoms with Crippen molar-refractivity contribution in [3.63, 3.8) is 0 Å². The summed E-state index contributed by atoms with van der Waals surface area (Å²) in [6.45, 7) is 15.0. The van der Waals surface area contributed by atoms with Crippen LogP contribution in [-0.4, -0.2) is 81.3 Å². The molecule has 7 rings (SSSR count). The molecule has 304 valence electrons. The van der Waals surface area contributed by atoms with E-state index in [1.54, 1.807) is 31.2 Å². The molecule has 6 aliphatic rings. The van der Waals surface area contributed by atoms with Crippen molar-refractivity contribution < 1.29 is 62.1 Å². The predicted molar refractivity (Wildman–Crippen MR) is 206 cm³/mol. The number of benzene rings is 1. The first-order valence-corrected chi connectivity index (χ1v) is 20.6. The Morgan fingerprint density at radius 2 is 1.70 bits per heavy atom. The predicted octanol–water partition coefficient (Wildman–Crippen LogP) is 6.47. The van der Waals surface area contributed by atoms with Gasteiger partial charge in [-0.25, -0.2) is 9.36 Å². The molecular weight excluding hydrogens is 743 g/mol. The highest BCUT2D eigenvalue weighted by molar-refractivity contribution is 7.46. The van der Waals surface area contributed by atoms with Crippen molar-refractivity contribution >= 4 is 31.4 Å². The van der Waals surface area contributed by atoms with Crippen LogP contribution in [-0.2, 0) is 34.8 Å². The average Bonchev–Trinajstić information content (AvgIpc) is 3.26. The SMILES string of the molecule is CC(C)=CCCC1(C)C=Cc2c(c(CC=C(C)C)c3c(c2OP(=O)(O)O)C(=O)C2=CC4CC5C(C)(C)OC(CC=C(C)C(=O)OCCOCCO)(C4=O)C25O3)O1. The fraction of sp³-hybridized carbons (Fsp3) is 0.548. The molecule has 3 aliphatic heterocycles. The fourth-order valence-corrected chi connectivity index (χ4v) is 9.27. The summed E-state index contributed by atoms with van der Waals surface area (Å²) in [4.78, 5) is 63.4. The number of phosphoric ester groups is 1. The van der Waals surface area contributed by atoms with Crippen molar-refractivity contribution in [1.29, 1.82) is 0 Å². The molecule has 5 unspecified atom stereocenters. The lowest BCUT2D eigenvalue weighted by molar-refractivity contribution is -0.171. The van der Waals surface area contributed by atoms with Crippen LogP contribution in [0.2, 0.25) is 0 Å². The van der Waals surface area contributed by atoms with E-state index in [4.69, 9.17) is 33.3 Å². The summed E-state index contributed by atoms with van der Waals surface area (Å²) in [6, 6.07) is 0. The number of carbonyl (C=O) groups is 3. The van der Waals surface area contributed by atoms with Crippen LogP contribution < -0.4 is 14.0 Å². The van der Waals surface area contributed by atoms with Crippen molar-refractivity contribution in [2.75, 3.05) is 26.4 Å². The molecule has 13 nitrogen and oxygen atoms in total. The van der Waals surface area contributed by atoms with E-state index < -0.39 is 53.8 Å². The lowest BCUT2D eigenvalue weighted by Gasteiger charge is -2.56. The molecule has 1 spiro atoms. The van der Waals surface area contributed by atoms with Crippen LogP contribution in [0.4, 0.5) is 0 Å². The van der Waals surface area contributed by atoms with Gasteiger partial charge in [-0.1, -0.05) is 35.5 Å². The maximum atomic E-state index is 15.2. The molecule has 0 aromatic heterocycles. The molecule has 3 heterocycles. The number of carbonyl (C=O) groups excluding carboxylic acids is 3. The molecule has 3 aliphatic carbocycles. The Kier molecular flexibility index (Phi) is 11.3. The summed E-state index contributed by atoms with van der Waals surface area (Å²) in [5.74, 6) is -2.90. The molecule has 0 amide bonds. The van der Waals surface area contributed by atoms with E-state index in [-0.39, 0.29) is 84.6 Å². The summed E-state index contributed by atoms with van der Waals surface area (Å²) in [7, 11) is -5.25. The van der Waals surface area contributed by atoms with Gasteiger partial charge in [0.1, 0.15) is 29.3 Å². The van der Waals surface area contributed by atoms with E-state index in [1.807, 2.05) is 54.5 Å². The summed E-state index contributed by atoms with van der Waals surface area (Å²) >= 11 is 0. The second-order valence-corrected chi connectivity index (χ2v) is 17.7. The minimum atomic E-state index is -5.25. The summed E-state index contributed by atoms with van der Waals surface area (Å²) in [6.07, 6.45) is 12.4. The third-order valence-corrected chi connectivity index (χ3v) is 11.8. The number of aliphatic hydroxyl groups excluding tert-OH is 1. The quantitative estimate of drug-likeness (QED) is 0.0577. The average molecular weight is 797 g/mol. The number of aliphatic hydroxyl groups is 1. The van der Waals surface area contributed by atoms with Gasteiger partial charge in [0.2, 0.25) is 0 Å². The number of rotatable bonds is 15. The van der Waals surface area contributed by atoms with E-state index >= 15 is 4.79 Å². The number of phosphoric acid groups is 1. The van der Waals surface area contributed by atoms with Gasteiger partial charge in [0.15, 0.2) is 28.5 Å². The van der Waals surface area contributed by atoms with Crippen LogP contribution in [0.5, 0.6) is 17.2 Å². The topological polar surface area (TPSA) is 184 Å². The maximum Gasteiger partial charge on any atom is 0.524 e. The second kappa shape index (κ2) is 15.2. The molecule has 14 heteroatoms. The molecule has 2 fully saturated rings. The van der Waals surface area contributed by atoms with Gasteiger partial charge in [0.25, 0.3) is 0 Å². The third-order valence-electron chi connectivity index (χ3n) is 11.4. The highest BCUT2D eigenvalue weighted by Crippen LogP contribution is 2.69. The Bertz CT molecular complexity index is 2020. The highest BCUT2D eigenvalue weighted by Gasteiger charge is 2.81. The number of fused-ring (bicyclic) bond motifs is 2. The molecule has 1 saturated heterocycles. The Balaban J connectivity index is 1.54. The van der Waals surface area contributed by atoms with E-state index in [2.05, 4.69) is 6.08 Å². The van der Waals surface area contributed by atoms with Gasteiger partial charge in [-0.2, -0.15) is 0 Å². The van der Waals surface area contributed by atoms with Gasteiger partial charge in [0, 0.05) is 35.0 Å². The van der Waals surface area contributed by atoms with E-state index in [9.17, 15) is 23.9 Å². The van der Waals surface area contributed by atoms with Crippen LogP contribution in [0.15, 0.2) is 52.7 Å².